The zero-order valence-corrected chi connectivity index (χ0v) is 17.8. The summed E-state index contributed by atoms with van der Waals surface area (Å²) in [6, 6.07) is 12.3. The number of anilines is 1. The first kappa shape index (κ1) is 22.8. The summed E-state index contributed by atoms with van der Waals surface area (Å²) in [6.45, 7) is 4.10. The van der Waals surface area contributed by atoms with Crippen LogP contribution in [0, 0.1) is 0 Å². The highest BCUT2D eigenvalue weighted by molar-refractivity contribution is 6.08. The van der Waals surface area contributed by atoms with Crippen molar-refractivity contribution in [1.29, 1.82) is 0 Å². The summed E-state index contributed by atoms with van der Waals surface area (Å²) in [4.78, 5) is 24.3. The summed E-state index contributed by atoms with van der Waals surface area (Å²) < 4.78 is 16.1. The van der Waals surface area contributed by atoms with Crippen molar-refractivity contribution in [3.63, 3.8) is 0 Å². The van der Waals surface area contributed by atoms with Gasteiger partial charge in [0.05, 0.1) is 20.8 Å². The molecule has 0 bridgehead atoms. The first-order chi connectivity index (χ1) is 14.5. The number of carbonyl (C=O) groups is 2. The van der Waals surface area contributed by atoms with Crippen LogP contribution in [0.1, 0.15) is 32.3 Å². The lowest BCUT2D eigenvalue weighted by atomic mass is 10.1. The minimum absolute atomic E-state index is 0.109. The molecule has 0 saturated heterocycles. The van der Waals surface area contributed by atoms with Crippen molar-refractivity contribution in [2.45, 2.75) is 26.7 Å². The van der Waals surface area contributed by atoms with Crippen LogP contribution in [-0.4, -0.2) is 32.6 Å². The van der Waals surface area contributed by atoms with Gasteiger partial charge in [-0.1, -0.05) is 19.4 Å². The SMILES string of the molecule is CCCCOc1ccc(NC(=O)/C(=C\c2ccc(OC)c(OC)c2)NC(C)=O)cc1. The summed E-state index contributed by atoms with van der Waals surface area (Å²) in [5, 5.41) is 5.35. The van der Waals surface area contributed by atoms with Gasteiger partial charge in [0.25, 0.3) is 5.91 Å². The fraction of sp³-hybridized carbons (Fsp3) is 0.304. The molecule has 7 heteroatoms. The number of nitrogens with one attached hydrogen (secondary N) is 2. The molecule has 0 radical (unpaired) electrons. The van der Waals surface area contributed by atoms with Crippen LogP contribution in [0.2, 0.25) is 0 Å². The lowest BCUT2D eigenvalue weighted by Gasteiger charge is -2.12. The van der Waals surface area contributed by atoms with Gasteiger partial charge in [-0.25, -0.2) is 0 Å². The maximum Gasteiger partial charge on any atom is 0.272 e. The molecule has 0 aliphatic heterocycles. The summed E-state index contributed by atoms with van der Waals surface area (Å²) >= 11 is 0. The largest absolute Gasteiger partial charge is 0.494 e. The van der Waals surface area contributed by atoms with Gasteiger partial charge >= 0.3 is 0 Å². The second-order valence-electron chi connectivity index (χ2n) is 6.53. The van der Waals surface area contributed by atoms with Crippen molar-refractivity contribution in [3.8, 4) is 17.2 Å². The average Bonchev–Trinajstić information content (AvgIpc) is 2.74. The van der Waals surface area contributed by atoms with Crippen molar-refractivity contribution in [2.24, 2.45) is 0 Å². The number of benzene rings is 2. The normalized spacial score (nSPS) is 10.9. The van der Waals surface area contributed by atoms with E-state index < -0.39 is 5.91 Å². The first-order valence-corrected chi connectivity index (χ1v) is 9.72. The fourth-order valence-electron chi connectivity index (χ4n) is 2.62. The van der Waals surface area contributed by atoms with Gasteiger partial charge in [-0.3, -0.25) is 9.59 Å². The monoisotopic (exact) mass is 412 g/mol. The van der Waals surface area contributed by atoms with Gasteiger partial charge in [-0.2, -0.15) is 0 Å². The standard InChI is InChI=1S/C23H28N2O5/c1-5-6-13-30-19-10-8-18(9-11-19)25-23(27)20(24-16(2)26)14-17-7-12-21(28-3)22(15-17)29-4/h7-12,14-15H,5-6,13H2,1-4H3,(H,24,26)(H,25,27)/b20-14+. The molecule has 0 heterocycles. The molecule has 0 unspecified atom stereocenters. The Bertz CT molecular complexity index is 891. The molecular formula is C23H28N2O5. The predicted octanol–water partition coefficient (Wildman–Crippen LogP) is 4.00. The lowest BCUT2D eigenvalue weighted by molar-refractivity contribution is -0.120. The Morgan fingerprint density at radius 3 is 2.30 bits per heavy atom. The van der Waals surface area contributed by atoms with E-state index in [1.165, 1.54) is 14.0 Å². The lowest BCUT2D eigenvalue weighted by Crippen LogP contribution is -2.28. The number of carbonyl (C=O) groups excluding carboxylic acids is 2. The number of hydrogen-bond acceptors (Lipinski definition) is 5. The molecule has 0 aliphatic carbocycles. The summed E-state index contributed by atoms with van der Waals surface area (Å²) in [5.74, 6) is 1.04. The summed E-state index contributed by atoms with van der Waals surface area (Å²) in [5.41, 5.74) is 1.37. The fourth-order valence-corrected chi connectivity index (χ4v) is 2.62. The van der Waals surface area contributed by atoms with Crippen molar-refractivity contribution in [2.75, 3.05) is 26.1 Å². The third kappa shape index (κ3) is 6.84. The van der Waals surface area contributed by atoms with Crippen molar-refractivity contribution < 1.29 is 23.8 Å². The Morgan fingerprint density at radius 1 is 1.00 bits per heavy atom. The topological polar surface area (TPSA) is 85.9 Å². The van der Waals surface area contributed by atoms with Gasteiger partial charge in [0.2, 0.25) is 5.91 Å². The highest BCUT2D eigenvalue weighted by Crippen LogP contribution is 2.28. The number of methoxy groups -OCH3 is 2. The highest BCUT2D eigenvalue weighted by Gasteiger charge is 2.13. The first-order valence-electron chi connectivity index (χ1n) is 9.72. The van der Waals surface area contributed by atoms with Crippen LogP contribution in [0.25, 0.3) is 6.08 Å². The second kappa shape index (κ2) is 11.5. The van der Waals surface area contributed by atoms with Crippen LogP contribution in [-0.2, 0) is 9.59 Å². The third-order valence-electron chi connectivity index (χ3n) is 4.15. The smallest absolute Gasteiger partial charge is 0.272 e. The molecule has 0 atom stereocenters. The van der Waals surface area contributed by atoms with E-state index >= 15 is 0 Å². The molecule has 2 N–H and O–H groups in total. The van der Waals surface area contributed by atoms with E-state index in [1.807, 2.05) is 0 Å². The molecule has 2 rings (SSSR count). The summed E-state index contributed by atoms with van der Waals surface area (Å²) in [6.07, 6.45) is 3.62. The summed E-state index contributed by atoms with van der Waals surface area (Å²) in [7, 11) is 3.08. The highest BCUT2D eigenvalue weighted by atomic mass is 16.5. The van der Waals surface area contributed by atoms with Crippen LogP contribution in [0.4, 0.5) is 5.69 Å². The molecule has 160 valence electrons. The molecule has 0 aliphatic rings. The van der Waals surface area contributed by atoms with Crippen molar-refractivity contribution in [3.05, 3.63) is 53.7 Å². The van der Waals surface area contributed by atoms with Gasteiger partial charge in [-0.15, -0.1) is 0 Å². The third-order valence-corrected chi connectivity index (χ3v) is 4.15. The van der Waals surface area contributed by atoms with Crippen LogP contribution >= 0.6 is 0 Å². The molecule has 0 aromatic heterocycles. The van der Waals surface area contributed by atoms with E-state index in [2.05, 4.69) is 17.6 Å². The van der Waals surface area contributed by atoms with E-state index in [-0.39, 0.29) is 11.6 Å². The molecule has 2 amide bonds. The van der Waals surface area contributed by atoms with Gasteiger partial charge in [0.1, 0.15) is 11.4 Å². The van der Waals surface area contributed by atoms with Gasteiger partial charge < -0.3 is 24.8 Å². The van der Waals surface area contributed by atoms with Crippen LogP contribution < -0.4 is 24.8 Å². The maximum absolute atomic E-state index is 12.7. The molecule has 2 aromatic carbocycles. The van der Waals surface area contributed by atoms with Crippen LogP contribution in [0.3, 0.4) is 0 Å². The number of amides is 2. The Hall–Kier alpha value is -3.48. The number of unbranched alkanes of at least 4 members (excludes halogenated alkanes) is 1. The molecule has 0 saturated carbocycles. The van der Waals surface area contributed by atoms with Crippen molar-refractivity contribution in [1.82, 2.24) is 5.32 Å². The van der Waals surface area contributed by atoms with E-state index in [0.29, 0.717) is 29.4 Å². The van der Waals surface area contributed by atoms with E-state index in [9.17, 15) is 9.59 Å². The number of ether oxygens (including phenoxy) is 3. The Balaban J connectivity index is 2.17. The maximum atomic E-state index is 12.7. The van der Waals surface area contributed by atoms with E-state index in [0.717, 1.165) is 18.6 Å². The number of hydrogen-bond donors (Lipinski definition) is 2. The zero-order chi connectivity index (χ0) is 21.9. The Kier molecular flexibility index (Phi) is 8.75. The molecule has 30 heavy (non-hydrogen) atoms. The predicted molar refractivity (Wildman–Crippen MR) is 117 cm³/mol. The van der Waals surface area contributed by atoms with Crippen LogP contribution in [0.15, 0.2) is 48.2 Å². The minimum Gasteiger partial charge on any atom is -0.494 e. The molecule has 7 nitrogen and oxygen atoms in total. The van der Waals surface area contributed by atoms with Gasteiger partial charge in [0, 0.05) is 12.6 Å². The minimum atomic E-state index is -0.445. The molecule has 0 fully saturated rings. The van der Waals surface area contributed by atoms with Gasteiger partial charge in [-0.05, 0) is 54.5 Å². The second-order valence-corrected chi connectivity index (χ2v) is 6.53. The molecule has 0 spiro atoms. The van der Waals surface area contributed by atoms with Gasteiger partial charge in [0.15, 0.2) is 11.5 Å². The molecule has 2 aromatic rings. The van der Waals surface area contributed by atoms with Crippen molar-refractivity contribution >= 4 is 23.6 Å². The quantitative estimate of drug-likeness (QED) is 0.455. The van der Waals surface area contributed by atoms with Crippen LogP contribution in [0.5, 0.6) is 17.2 Å². The Labute approximate surface area is 177 Å². The van der Waals surface area contributed by atoms with E-state index in [1.54, 1.807) is 55.7 Å². The zero-order valence-electron chi connectivity index (χ0n) is 17.8. The van der Waals surface area contributed by atoms with E-state index in [4.69, 9.17) is 14.2 Å². The average molecular weight is 412 g/mol. The molecular weight excluding hydrogens is 384 g/mol. The Morgan fingerprint density at radius 2 is 1.70 bits per heavy atom. The number of rotatable bonds is 10.